The maximum absolute atomic E-state index is 12.1. The molecule has 31 heavy (non-hydrogen) atoms. The number of oxazole rings is 1. The van der Waals surface area contributed by atoms with Crippen molar-refractivity contribution in [1.82, 2.24) is 4.57 Å². The quantitative estimate of drug-likeness (QED) is 0.317. The van der Waals surface area contributed by atoms with Gasteiger partial charge in [0.2, 0.25) is 0 Å². The number of hydrogen-bond acceptors (Lipinski definition) is 7. The first kappa shape index (κ1) is 22.0. The number of benzene rings is 2. The summed E-state index contributed by atoms with van der Waals surface area (Å²) in [6.07, 6.45) is -0.804. The Labute approximate surface area is 180 Å². The number of hydrogen-bond donors (Lipinski definition) is 1. The van der Waals surface area contributed by atoms with Gasteiger partial charge >= 0.3 is 11.7 Å². The second-order valence-electron chi connectivity index (χ2n) is 6.66. The van der Waals surface area contributed by atoms with Crippen molar-refractivity contribution in [1.29, 1.82) is 0 Å². The number of nitro groups is 1. The van der Waals surface area contributed by atoms with Crippen LogP contribution < -0.4 is 11.1 Å². The van der Waals surface area contributed by atoms with E-state index in [1.807, 2.05) is 0 Å². The molecular formula is C20H18ClN3O7. The summed E-state index contributed by atoms with van der Waals surface area (Å²) in [6.45, 7) is 1.59. The first-order valence-corrected chi connectivity index (χ1v) is 9.66. The summed E-state index contributed by atoms with van der Waals surface area (Å²) in [5, 5.41) is 14.0. The Bertz CT molecular complexity index is 1180. The molecule has 0 spiro atoms. The van der Waals surface area contributed by atoms with Gasteiger partial charge in [0, 0.05) is 29.7 Å². The first-order valence-electron chi connectivity index (χ1n) is 9.28. The van der Waals surface area contributed by atoms with Crippen LogP contribution in [-0.2, 0) is 20.9 Å². The lowest BCUT2D eigenvalue weighted by Gasteiger charge is -2.13. The monoisotopic (exact) mass is 447 g/mol. The van der Waals surface area contributed by atoms with E-state index in [4.69, 9.17) is 20.8 Å². The van der Waals surface area contributed by atoms with E-state index in [-0.39, 0.29) is 30.7 Å². The number of aryl methyl sites for hydroxylation is 1. The average Bonchev–Trinajstić information content (AvgIpc) is 3.04. The summed E-state index contributed by atoms with van der Waals surface area (Å²) >= 11 is 5.79. The number of ether oxygens (including phenoxy) is 1. The van der Waals surface area contributed by atoms with Crippen LogP contribution in [0, 0.1) is 10.1 Å². The number of nitrogens with one attached hydrogen (secondary N) is 1. The predicted molar refractivity (Wildman–Crippen MR) is 112 cm³/mol. The van der Waals surface area contributed by atoms with Gasteiger partial charge in [-0.3, -0.25) is 24.3 Å². The molecule has 1 aromatic heterocycles. The molecule has 0 saturated carbocycles. The van der Waals surface area contributed by atoms with Crippen LogP contribution in [0.3, 0.4) is 0 Å². The number of carbonyl (C=O) groups excluding carboxylic acids is 2. The summed E-state index contributed by atoms with van der Waals surface area (Å²) in [7, 11) is 0. The zero-order chi connectivity index (χ0) is 22.5. The van der Waals surface area contributed by atoms with Gasteiger partial charge in [0.25, 0.3) is 11.6 Å². The molecule has 0 aliphatic heterocycles. The van der Waals surface area contributed by atoms with E-state index >= 15 is 0 Å². The Morgan fingerprint density at radius 3 is 2.65 bits per heavy atom. The molecule has 3 rings (SSSR count). The molecule has 1 N–H and O–H groups in total. The van der Waals surface area contributed by atoms with Crippen molar-refractivity contribution in [2.24, 2.45) is 0 Å². The molecule has 0 radical (unpaired) electrons. The van der Waals surface area contributed by atoms with Crippen LogP contribution in [0.2, 0.25) is 5.02 Å². The molecule has 1 atom stereocenters. The molecule has 1 amide bonds. The lowest BCUT2D eigenvalue weighted by molar-refractivity contribution is -0.384. The Kier molecular flexibility index (Phi) is 6.71. The average molecular weight is 448 g/mol. The number of rotatable bonds is 8. The standard InChI is InChI=1S/C20H18ClN3O7/c1-12(19(26)22-14-6-4-13(21)5-7-14)30-18(25)3-2-10-23-16-9-8-15(24(28)29)11-17(16)31-20(23)27/h4-9,11-12H,2-3,10H2,1H3,(H,22,26). The molecular weight excluding hydrogens is 430 g/mol. The SMILES string of the molecule is CC(OC(=O)CCCn1c(=O)oc2cc([N+](=O)[O-])ccc21)C(=O)Nc1ccc(Cl)cc1. The molecule has 0 saturated heterocycles. The van der Waals surface area contributed by atoms with Gasteiger partial charge in [0.15, 0.2) is 11.7 Å². The van der Waals surface area contributed by atoms with Crippen molar-refractivity contribution in [3.8, 4) is 0 Å². The number of non-ortho nitro benzene ring substituents is 1. The molecule has 1 heterocycles. The number of fused-ring (bicyclic) bond motifs is 1. The Morgan fingerprint density at radius 1 is 1.26 bits per heavy atom. The molecule has 0 aliphatic rings. The van der Waals surface area contributed by atoms with E-state index in [0.717, 1.165) is 0 Å². The largest absolute Gasteiger partial charge is 0.453 e. The highest BCUT2D eigenvalue weighted by atomic mass is 35.5. The van der Waals surface area contributed by atoms with Crippen molar-refractivity contribution >= 4 is 46.0 Å². The highest BCUT2D eigenvalue weighted by molar-refractivity contribution is 6.30. The fourth-order valence-corrected chi connectivity index (χ4v) is 2.97. The van der Waals surface area contributed by atoms with Crippen LogP contribution in [0.5, 0.6) is 0 Å². The lowest BCUT2D eigenvalue weighted by atomic mass is 10.2. The summed E-state index contributed by atoms with van der Waals surface area (Å²) in [5.41, 5.74) is 0.806. The van der Waals surface area contributed by atoms with Gasteiger partial charge in [-0.05, 0) is 43.7 Å². The number of amides is 1. The summed E-state index contributed by atoms with van der Waals surface area (Å²) in [5.74, 6) is -1.77. The van der Waals surface area contributed by atoms with Crippen LogP contribution in [0.4, 0.5) is 11.4 Å². The Hall–Kier alpha value is -3.66. The highest BCUT2D eigenvalue weighted by Gasteiger charge is 2.19. The zero-order valence-corrected chi connectivity index (χ0v) is 17.1. The molecule has 2 aromatic carbocycles. The Morgan fingerprint density at radius 2 is 1.97 bits per heavy atom. The van der Waals surface area contributed by atoms with Crippen molar-refractivity contribution < 1.29 is 23.7 Å². The molecule has 3 aromatic rings. The number of esters is 1. The van der Waals surface area contributed by atoms with Crippen molar-refractivity contribution in [3.05, 3.63) is 68.2 Å². The normalized spacial score (nSPS) is 11.8. The fourth-order valence-electron chi connectivity index (χ4n) is 2.85. The van der Waals surface area contributed by atoms with Gasteiger partial charge < -0.3 is 14.5 Å². The second-order valence-corrected chi connectivity index (χ2v) is 7.10. The van der Waals surface area contributed by atoms with Gasteiger partial charge in [0.1, 0.15) is 0 Å². The molecule has 1 unspecified atom stereocenters. The minimum atomic E-state index is -1.01. The molecule has 0 fully saturated rings. The van der Waals surface area contributed by atoms with Gasteiger partial charge in [0.05, 0.1) is 16.5 Å². The number of nitro benzene ring substituents is 1. The van der Waals surface area contributed by atoms with E-state index in [0.29, 0.717) is 16.2 Å². The van der Waals surface area contributed by atoms with E-state index in [1.54, 1.807) is 24.3 Å². The smallest absolute Gasteiger partial charge is 0.419 e. The van der Waals surface area contributed by atoms with E-state index in [9.17, 15) is 24.5 Å². The molecule has 162 valence electrons. The van der Waals surface area contributed by atoms with Gasteiger partial charge in [-0.15, -0.1) is 0 Å². The maximum Gasteiger partial charge on any atom is 0.419 e. The third-order valence-electron chi connectivity index (χ3n) is 4.41. The van der Waals surface area contributed by atoms with Crippen LogP contribution in [-0.4, -0.2) is 27.5 Å². The number of aromatic nitrogens is 1. The zero-order valence-electron chi connectivity index (χ0n) is 16.4. The predicted octanol–water partition coefficient (Wildman–Crippen LogP) is 3.51. The number of carbonyl (C=O) groups is 2. The number of halogens is 1. The summed E-state index contributed by atoms with van der Waals surface area (Å²) in [6, 6.07) is 10.3. The molecule has 11 heteroatoms. The van der Waals surface area contributed by atoms with Crippen LogP contribution in [0.1, 0.15) is 19.8 Å². The van der Waals surface area contributed by atoms with E-state index in [2.05, 4.69) is 5.32 Å². The maximum atomic E-state index is 12.1. The summed E-state index contributed by atoms with van der Waals surface area (Å²) < 4.78 is 11.4. The van der Waals surface area contributed by atoms with Crippen molar-refractivity contribution in [2.75, 3.05) is 5.32 Å². The lowest BCUT2D eigenvalue weighted by Crippen LogP contribution is -2.30. The second kappa shape index (κ2) is 9.43. The van der Waals surface area contributed by atoms with Crippen LogP contribution >= 0.6 is 11.6 Å². The van der Waals surface area contributed by atoms with Crippen molar-refractivity contribution in [2.45, 2.75) is 32.4 Å². The molecule has 0 aliphatic carbocycles. The van der Waals surface area contributed by atoms with Crippen LogP contribution in [0.25, 0.3) is 11.1 Å². The highest BCUT2D eigenvalue weighted by Crippen LogP contribution is 2.20. The topological polar surface area (TPSA) is 134 Å². The van der Waals surface area contributed by atoms with Gasteiger partial charge in [-0.1, -0.05) is 11.6 Å². The third kappa shape index (κ3) is 5.48. The molecule has 10 nitrogen and oxygen atoms in total. The van der Waals surface area contributed by atoms with Gasteiger partial charge in [-0.25, -0.2) is 4.79 Å². The minimum absolute atomic E-state index is 0.0370. The van der Waals surface area contributed by atoms with Crippen LogP contribution in [0.15, 0.2) is 51.7 Å². The number of nitrogens with zero attached hydrogens (tertiary/aromatic N) is 2. The van der Waals surface area contributed by atoms with E-state index < -0.39 is 28.7 Å². The number of anilines is 1. The van der Waals surface area contributed by atoms with Crippen molar-refractivity contribution in [3.63, 3.8) is 0 Å². The third-order valence-corrected chi connectivity index (χ3v) is 4.67. The molecule has 0 bridgehead atoms. The summed E-state index contributed by atoms with van der Waals surface area (Å²) in [4.78, 5) is 46.4. The minimum Gasteiger partial charge on any atom is -0.453 e. The fraction of sp³-hybridized carbons (Fsp3) is 0.250. The first-order chi connectivity index (χ1) is 14.7. The van der Waals surface area contributed by atoms with Gasteiger partial charge in [-0.2, -0.15) is 0 Å². The Balaban J connectivity index is 1.52. The van der Waals surface area contributed by atoms with E-state index in [1.165, 1.54) is 29.7 Å².